The molecule has 0 fully saturated rings. The van der Waals surface area contributed by atoms with Gasteiger partial charge in [-0.2, -0.15) is 10.1 Å². The van der Waals surface area contributed by atoms with Gasteiger partial charge in [0, 0.05) is 7.05 Å². The van der Waals surface area contributed by atoms with E-state index in [1.807, 2.05) is 13.8 Å². The number of hydrogen-bond acceptors (Lipinski definition) is 6. The van der Waals surface area contributed by atoms with Crippen LogP contribution in [0, 0.1) is 6.92 Å². The van der Waals surface area contributed by atoms with E-state index in [1.165, 1.54) is 4.68 Å². The Morgan fingerprint density at radius 2 is 2.05 bits per heavy atom. The Kier molecular flexibility index (Phi) is 4.32. The zero-order chi connectivity index (χ0) is 15.7. The van der Waals surface area contributed by atoms with Crippen molar-refractivity contribution in [2.45, 2.75) is 39.7 Å². The van der Waals surface area contributed by atoms with Crippen LogP contribution in [0.5, 0.6) is 0 Å². The molecule has 0 aliphatic heterocycles. The molecule has 2 aromatic heterocycles. The Bertz CT molecular complexity index is 662. The summed E-state index contributed by atoms with van der Waals surface area (Å²) in [5.74, 6) is 0.217. The molecule has 2 rings (SSSR count). The first-order valence-electron chi connectivity index (χ1n) is 6.54. The normalized spacial score (nSPS) is 12.7. The minimum Gasteiger partial charge on any atom is -0.449 e. The molecule has 2 heterocycles. The number of halogens is 1. The largest absolute Gasteiger partial charge is 0.449 e. The quantitative estimate of drug-likeness (QED) is 0.807. The first-order valence-corrected chi connectivity index (χ1v) is 6.92. The number of esters is 1. The van der Waals surface area contributed by atoms with Crippen LogP contribution in [0.2, 0.25) is 5.15 Å². The molecule has 0 bridgehead atoms. The third-order valence-corrected chi connectivity index (χ3v) is 3.36. The van der Waals surface area contributed by atoms with E-state index in [2.05, 4.69) is 15.2 Å². The van der Waals surface area contributed by atoms with E-state index in [1.54, 1.807) is 20.9 Å². The van der Waals surface area contributed by atoms with Crippen LogP contribution in [-0.2, 0) is 11.8 Å². The van der Waals surface area contributed by atoms with E-state index < -0.39 is 12.1 Å². The van der Waals surface area contributed by atoms with Gasteiger partial charge in [-0.15, -0.1) is 0 Å². The highest BCUT2D eigenvalue weighted by atomic mass is 35.5. The van der Waals surface area contributed by atoms with E-state index in [4.69, 9.17) is 20.9 Å². The predicted molar refractivity (Wildman–Crippen MR) is 75.2 cm³/mol. The summed E-state index contributed by atoms with van der Waals surface area (Å²) in [6, 6.07) is 0. The smallest absolute Gasteiger partial charge is 0.344 e. The number of nitrogens with zero attached hydrogens (tertiary/aromatic N) is 4. The summed E-state index contributed by atoms with van der Waals surface area (Å²) in [5, 5.41) is 8.16. The van der Waals surface area contributed by atoms with Crippen molar-refractivity contribution in [3.8, 4) is 0 Å². The second-order valence-electron chi connectivity index (χ2n) is 5.06. The average Bonchev–Trinajstić information content (AvgIpc) is 2.95. The number of aryl methyl sites for hydroxylation is 2. The lowest BCUT2D eigenvalue weighted by Gasteiger charge is -2.10. The molecule has 8 heteroatoms. The molecule has 0 unspecified atom stereocenters. The van der Waals surface area contributed by atoms with Crippen LogP contribution in [0.3, 0.4) is 0 Å². The van der Waals surface area contributed by atoms with Crippen molar-refractivity contribution in [3.63, 3.8) is 0 Å². The van der Waals surface area contributed by atoms with Crippen LogP contribution < -0.4 is 0 Å². The van der Waals surface area contributed by atoms with Gasteiger partial charge in [0.25, 0.3) is 5.89 Å². The highest BCUT2D eigenvalue weighted by molar-refractivity contribution is 6.32. The van der Waals surface area contributed by atoms with Crippen LogP contribution in [-0.4, -0.2) is 25.9 Å². The van der Waals surface area contributed by atoms with Crippen molar-refractivity contribution in [1.29, 1.82) is 0 Å². The first-order chi connectivity index (χ1) is 9.81. The van der Waals surface area contributed by atoms with E-state index in [-0.39, 0.29) is 22.5 Å². The highest BCUT2D eigenvalue weighted by Crippen LogP contribution is 2.27. The molecule has 0 amide bonds. The van der Waals surface area contributed by atoms with Crippen molar-refractivity contribution >= 4 is 17.6 Å². The highest BCUT2D eigenvalue weighted by Gasteiger charge is 2.27. The summed E-state index contributed by atoms with van der Waals surface area (Å²) in [5.41, 5.74) is 0.874. The minimum absolute atomic E-state index is 0.0483. The van der Waals surface area contributed by atoms with Crippen LogP contribution >= 0.6 is 11.6 Å². The Hall–Kier alpha value is -1.89. The lowest BCUT2D eigenvalue weighted by atomic mass is 10.1. The Labute approximate surface area is 127 Å². The summed E-state index contributed by atoms with van der Waals surface area (Å²) in [6.07, 6.45) is -0.657. The van der Waals surface area contributed by atoms with Gasteiger partial charge in [-0.3, -0.25) is 4.68 Å². The summed E-state index contributed by atoms with van der Waals surface area (Å²) in [6.45, 7) is 7.21. The summed E-state index contributed by atoms with van der Waals surface area (Å²) in [4.78, 5) is 16.4. The number of carbonyl (C=O) groups excluding carboxylic acids is 1. The molecule has 0 aliphatic carbocycles. The van der Waals surface area contributed by atoms with Gasteiger partial charge in [-0.05, 0) is 19.8 Å². The number of rotatable bonds is 4. The molecule has 0 aromatic carbocycles. The predicted octanol–water partition coefficient (Wildman–Crippen LogP) is 2.81. The van der Waals surface area contributed by atoms with Crippen molar-refractivity contribution in [2.24, 2.45) is 7.05 Å². The molecule has 0 saturated heterocycles. The maximum absolute atomic E-state index is 12.3. The van der Waals surface area contributed by atoms with Crippen molar-refractivity contribution < 1.29 is 14.1 Å². The zero-order valence-electron chi connectivity index (χ0n) is 12.5. The standard InChI is InChI=1S/C13H17ClN4O3/c1-6(2)10-9(11(14)18(5)16-10)13(19)20-7(3)12-15-8(4)17-21-12/h6-7H,1-5H3/t7-/m0/s1. The number of aromatic nitrogens is 4. The fraction of sp³-hybridized carbons (Fsp3) is 0.538. The molecule has 7 nitrogen and oxygen atoms in total. The van der Waals surface area contributed by atoms with E-state index in [0.717, 1.165) is 0 Å². The van der Waals surface area contributed by atoms with E-state index >= 15 is 0 Å². The van der Waals surface area contributed by atoms with Gasteiger partial charge in [-0.1, -0.05) is 30.6 Å². The van der Waals surface area contributed by atoms with Gasteiger partial charge in [0.2, 0.25) is 0 Å². The van der Waals surface area contributed by atoms with Crippen LogP contribution in [0.25, 0.3) is 0 Å². The zero-order valence-corrected chi connectivity index (χ0v) is 13.3. The number of carbonyl (C=O) groups is 1. The van der Waals surface area contributed by atoms with Crippen molar-refractivity contribution in [2.75, 3.05) is 0 Å². The Morgan fingerprint density at radius 1 is 1.38 bits per heavy atom. The number of ether oxygens (including phenoxy) is 1. The molecule has 1 atom stereocenters. The van der Waals surface area contributed by atoms with Crippen LogP contribution in [0.1, 0.15) is 60.6 Å². The molecule has 0 radical (unpaired) electrons. The Morgan fingerprint density at radius 3 is 2.57 bits per heavy atom. The maximum Gasteiger partial charge on any atom is 0.344 e. The summed E-state index contributed by atoms with van der Waals surface area (Å²) >= 11 is 6.13. The van der Waals surface area contributed by atoms with E-state index in [0.29, 0.717) is 11.5 Å². The van der Waals surface area contributed by atoms with Crippen LogP contribution in [0.4, 0.5) is 0 Å². The maximum atomic E-state index is 12.3. The van der Waals surface area contributed by atoms with Gasteiger partial charge in [0.1, 0.15) is 10.7 Å². The van der Waals surface area contributed by atoms with Crippen LogP contribution in [0.15, 0.2) is 4.52 Å². The van der Waals surface area contributed by atoms with Gasteiger partial charge in [0.15, 0.2) is 11.9 Å². The molecule has 21 heavy (non-hydrogen) atoms. The third-order valence-electron chi connectivity index (χ3n) is 2.93. The SMILES string of the molecule is Cc1noc([C@H](C)OC(=O)c2c(C(C)C)nn(C)c2Cl)n1. The first kappa shape index (κ1) is 15.5. The van der Waals surface area contributed by atoms with Crippen molar-refractivity contribution in [1.82, 2.24) is 19.9 Å². The lowest BCUT2D eigenvalue weighted by molar-refractivity contribution is 0.0264. The summed E-state index contributed by atoms with van der Waals surface area (Å²) < 4.78 is 11.8. The lowest BCUT2D eigenvalue weighted by Crippen LogP contribution is -2.12. The molecule has 114 valence electrons. The van der Waals surface area contributed by atoms with E-state index in [9.17, 15) is 4.79 Å². The summed E-state index contributed by atoms with van der Waals surface area (Å²) in [7, 11) is 1.68. The van der Waals surface area contributed by atoms with Gasteiger partial charge in [0.05, 0.1) is 5.69 Å². The van der Waals surface area contributed by atoms with Gasteiger partial charge in [-0.25, -0.2) is 4.79 Å². The molecular weight excluding hydrogens is 296 g/mol. The molecule has 0 aliphatic rings. The minimum atomic E-state index is -0.657. The number of hydrogen-bond donors (Lipinski definition) is 0. The second-order valence-corrected chi connectivity index (χ2v) is 5.41. The molecule has 2 aromatic rings. The van der Waals surface area contributed by atoms with Gasteiger partial charge >= 0.3 is 5.97 Å². The monoisotopic (exact) mass is 312 g/mol. The van der Waals surface area contributed by atoms with Gasteiger partial charge < -0.3 is 9.26 Å². The Balaban J connectivity index is 2.24. The molecule has 0 spiro atoms. The topological polar surface area (TPSA) is 83.0 Å². The third kappa shape index (κ3) is 3.07. The fourth-order valence-corrected chi connectivity index (χ4v) is 2.08. The molecular formula is C13H17ClN4O3. The molecule has 0 saturated carbocycles. The molecule has 0 N–H and O–H groups in total. The van der Waals surface area contributed by atoms with Crippen molar-refractivity contribution in [3.05, 3.63) is 28.1 Å². The average molecular weight is 313 g/mol. The second kappa shape index (κ2) is 5.85. The fourth-order valence-electron chi connectivity index (χ4n) is 1.86.